The van der Waals surface area contributed by atoms with Gasteiger partial charge in [-0.2, -0.15) is 0 Å². The molecule has 5 heteroatoms. The molecule has 0 spiro atoms. The highest BCUT2D eigenvalue weighted by Gasteiger charge is 2.62. The van der Waals surface area contributed by atoms with Crippen molar-refractivity contribution in [2.24, 2.45) is 11.3 Å². The van der Waals surface area contributed by atoms with Crippen molar-refractivity contribution in [3.8, 4) is 0 Å². The maximum Gasteiger partial charge on any atom is 0.332 e. The molecule has 1 fully saturated rings. The number of hydrogen-bond donors (Lipinski definition) is 1. The van der Waals surface area contributed by atoms with Gasteiger partial charge in [0, 0.05) is 6.08 Å². The van der Waals surface area contributed by atoms with Crippen LogP contribution in [0.1, 0.15) is 32.1 Å². The van der Waals surface area contributed by atoms with Crippen molar-refractivity contribution in [2.45, 2.75) is 37.0 Å². The van der Waals surface area contributed by atoms with Crippen LogP contribution in [0.3, 0.4) is 0 Å². The van der Waals surface area contributed by atoms with Crippen molar-refractivity contribution in [3.63, 3.8) is 0 Å². The summed E-state index contributed by atoms with van der Waals surface area (Å²) in [4.78, 5) is 23.1. The van der Waals surface area contributed by atoms with E-state index in [9.17, 15) is 14.7 Å². The van der Waals surface area contributed by atoms with E-state index < -0.39 is 16.3 Å². The molecule has 3 atom stereocenters. The fraction of sp³-hybridized carbons (Fsp3) is 0.529. The van der Waals surface area contributed by atoms with Gasteiger partial charge in [0.1, 0.15) is 0 Å². The molecule has 22 heavy (non-hydrogen) atoms. The Morgan fingerprint density at radius 3 is 3.09 bits per heavy atom. The van der Waals surface area contributed by atoms with Gasteiger partial charge in [0.25, 0.3) is 0 Å². The lowest BCUT2D eigenvalue weighted by Gasteiger charge is -2.55. The predicted molar refractivity (Wildman–Crippen MR) is 83.2 cm³/mol. The quantitative estimate of drug-likeness (QED) is 0.753. The number of fused-ring (bicyclic) bond motifs is 1. The van der Waals surface area contributed by atoms with Crippen LogP contribution in [0.15, 0.2) is 35.5 Å². The first kappa shape index (κ1) is 14.3. The molecule has 0 amide bonds. The van der Waals surface area contributed by atoms with Crippen molar-refractivity contribution in [2.75, 3.05) is 6.61 Å². The van der Waals surface area contributed by atoms with E-state index in [-0.39, 0.29) is 10.7 Å². The highest BCUT2D eigenvalue weighted by molar-refractivity contribution is 8.15. The maximum atomic E-state index is 12.1. The highest BCUT2D eigenvalue weighted by atomic mass is 32.2. The maximum absolute atomic E-state index is 12.1. The minimum atomic E-state index is -1.01. The Hall–Kier alpha value is -1.33. The Kier molecular flexibility index (Phi) is 3.13. The molecule has 0 bridgehead atoms. The number of ether oxygens (including phenoxy) is 1. The van der Waals surface area contributed by atoms with Crippen molar-refractivity contribution >= 4 is 22.8 Å². The lowest BCUT2D eigenvalue weighted by Crippen LogP contribution is -2.56. The number of aliphatic carboxylic acids is 1. The van der Waals surface area contributed by atoms with Gasteiger partial charge < -0.3 is 9.84 Å². The minimum absolute atomic E-state index is 0.188. The Balaban J connectivity index is 1.94. The Morgan fingerprint density at radius 1 is 1.41 bits per heavy atom. The summed E-state index contributed by atoms with van der Waals surface area (Å²) in [6.07, 6.45) is 12.5. The van der Waals surface area contributed by atoms with Gasteiger partial charge in [-0.15, -0.1) is 0 Å². The lowest BCUT2D eigenvalue weighted by atomic mass is 9.60. The van der Waals surface area contributed by atoms with Crippen LogP contribution in [0.25, 0.3) is 0 Å². The third-order valence-electron chi connectivity index (χ3n) is 5.38. The third-order valence-corrected chi connectivity index (χ3v) is 6.60. The van der Waals surface area contributed by atoms with Crippen molar-refractivity contribution in [1.29, 1.82) is 0 Å². The zero-order chi connectivity index (χ0) is 15.4. The fourth-order valence-corrected chi connectivity index (χ4v) is 5.68. The van der Waals surface area contributed by atoms with E-state index in [4.69, 9.17) is 4.74 Å². The van der Waals surface area contributed by atoms with Gasteiger partial charge in [0.2, 0.25) is 5.12 Å². The monoisotopic (exact) mass is 318 g/mol. The molecule has 0 aromatic heterocycles. The summed E-state index contributed by atoms with van der Waals surface area (Å²) in [5.74, 6) is -0.606. The second kappa shape index (κ2) is 4.83. The fourth-order valence-electron chi connectivity index (χ4n) is 4.43. The average Bonchev–Trinajstić information content (AvgIpc) is 2.50. The first-order chi connectivity index (χ1) is 10.6. The lowest BCUT2D eigenvalue weighted by molar-refractivity contribution is -0.136. The first-order valence-electron chi connectivity index (χ1n) is 7.78. The molecule has 0 saturated heterocycles. The summed E-state index contributed by atoms with van der Waals surface area (Å²) in [6.45, 7) is 0.420. The molecule has 1 N–H and O–H groups in total. The summed E-state index contributed by atoms with van der Waals surface area (Å²) in [7, 11) is 0. The summed E-state index contributed by atoms with van der Waals surface area (Å²) >= 11 is 1.14. The van der Waals surface area contributed by atoms with E-state index in [1.54, 1.807) is 0 Å². The van der Waals surface area contributed by atoms with E-state index in [1.807, 2.05) is 12.2 Å². The van der Waals surface area contributed by atoms with Crippen LogP contribution in [-0.2, 0) is 14.3 Å². The molecule has 0 radical (unpaired) electrons. The number of thioether (sulfide) groups is 1. The molecule has 2 heterocycles. The summed E-state index contributed by atoms with van der Waals surface area (Å²) < 4.78 is 6.04. The largest absolute Gasteiger partial charge is 0.478 e. The van der Waals surface area contributed by atoms with Crippen LogP contribution < -0.4 is 0 Å². The van der Waals surface area contributed by atoms with Crippen LogP contribution in [0.5, 0.6) is 0 Å². The number of carbonyl (C=O) groups is 2. The first-order valence-corrected chi connectivity index (χ1v) is 8.60. The van der Waals surface area contributed by atoms with Gasteiger partial charge in [-0.25, -0.2) is 4.79 Å². The molecule has 116 valence electrons. The minimum Gasteiger partial charge on any atom is -0.478 e. The van der Waals surface area contributed by atoms with E-state index in [1.165, 1.54) is 24.5 Å². The number of carbonyl (C=O) groups excluding carboxylic acids is 1. The third kappa shape index (κ3) is 1.82. The normalized spacial score (nSPS) is 40.0. The van der Waals surface area contributed by atoms with Crippen LogP contribution >= 0.6 is 11.8 Å². The van der Waals surface area contributed by atoms with Crippen molar-refractivity contribution in [1.82, 2.24) is 0 Å². The topological polar surface area (TPSA) is 63.6 Å². The van der Waals surface area contributed by atoms with Gasteiger partial charge in [-0.05, 0) is 49.4 Å². The standard InChI is InChI=1S/C17H18O4S/c18-14-8-13(15(19)20)16-6-3-7-21-17(16,22-14)10-12-5-2-1-4-11(12)9-16/h3,6,8,10-11H,1-2,4-5,7,9H2,(H,19,20). The molecule has 2 aliphatic carbocycles. The molecule has 0 aromatic carbocycles. The van der Waals surface area contributed by atoms with E-state index in [0.29, 0.717) is 12.5 Å². The highest BCUT2D eigenvalue weighted by Crippen LogP contribution is 2.63. The second-order valence-electron chi connectivity index (χ2n) is 6.50. The molecule has 3 unspecified atom stereocenters. The summed E-state index contributed by atoms with van der Waals surface area (Å²) in [6, 6.07) is 0. The zero-order valence-corrected chi connectivity index (χ0v) is 13.0. The van der Waals surface area contributed by atoms with Gasteiger partial charge >= 0.3 is 5.97 Å². The molecule has 0 aromatic rings. The number of hydrogen-bond acceptors (Lipinski definition) is 4. The molecular weight excluding hydrogens is 300 g/mol. The van der Waals surface area contributed by atoms with Crippen molar-refractivity contribution in [3.05, 3.63) is 35.5 Å². The Morgan fingerprint density at radius 2 is 2.27 bits per heavy atom. The van der Waals surface area contributed by atoms with Gasteiger partial charge in [0.05, 0.1) is 17.6 Å². The predicted octanol–water partition coefficient (Wildman–Crippen LogP) is 3.06. The zero-order valence-electron chi connectivity index (χ0n) is 12.2. The second-order valence-corrected chi connectivity index (χ2v) is 7.72. The Labute approximate surface area is 133 Å². The Bertz CT molecular complexity index is 647. The van der Waals surface area contributed by atoms with E-state index in [2.05, 4.69) is 6.08 Å². The van der Waals surface area contributed by atoms with Crippen molar-refractivity contribution < 1.29 is 19.4 Å². The number of rotatable bonds is 1. The van der Waals surface area contributed by atoms with E-state index in [0.717, 1.165) is 31.0 Å². The van der Waals surface area contributed by atoms with E-state index >= 15 is 0 Å². The number of carboxylic acid groups (broad SMARTS) is 1. The molecule has 2 aliphatic heterocycles. The SMILES string of the molecule is O=C1C=C(C(=O)O)C23C=CCOC2(C=C2CCCCC2C3)S1. The van der Waals surface area contributed by atoms with Crippen LogP contribution in [0, 0.1) is 11.3 Å². The molecule has 4 aliphatic rings. The smallest absolute Gasteiger partial charge is 0.332 e. The average molecular weight is 318 g/mol. The number of carboxylic acids is 1. The van der Waals surface area contributed by atoms with Gasteiger partial charge in [-0.1, -0.05) is 24.1 Å². The molecular formula is C17H18O4S. The molecule has 4 nitrogen and oxygen atoms in total. The molecule has 1 saturated carbocycles. The van der Waals surface area contributed by atoms with Crippen LogP contribution in [-0.4, -0.2) is 27.7 Å². The van der Waals surface area contributed by atoms with Crippen LogP contribution in [0.2, 0.25) is 0 Å². The van der Waals surface area contributed by atoms with Crippen LogP contribution in [0.4, 0.5) is 0 Å². The summed E-state index contributed by atoms with van der Waals surface area (Å²) in [5, 5.41) is 9.45. The molecule has 4 rings (SSSR count). The van der Waals surface area contributed by atoms with Gasteiger partial charge in [-0.3, -0.25) is 4.79 Å². The summed E-state index contributed by atoms with van der Waals surface area (Å²) in [5.41, 5.74) is 0.818. The van der Waals surface area contributed by atoms with Gasteiger partial charge in [0.15, 0.2) is 4.93 Å². The number of allylic oxidation sites excluding steroid dienone is 1.